The van der Waals surface area contributed by atoms with E-state index in [0.29, 0.717) is 23.9 Å². The second kappa shape index (κ2) is 13.9. The average Bonchev–Trinajstić information content (AvgIpc) is 3.74. The Hall–Kier alpha value is -7.23. The fourth-order valence-electron chi connectivity index (χ4n) is 8.74. The Morgan fingerprint density at radius 2 is 0.875 bits per heavy atom. The van der Waals surface area contributed by atoms with Crippen LogP contribution < -0.4 is 0 Å². The fourth-order valence-corrected chi connectivity index (χ4v) is 8.74. The Bertz CT molecular complexity index is 2800. The first-order valence-corrected chi connectivity index (χ1v) is 19.1. The van der Waals surface area contributed by atoms with Gasteiger partial charge in [0.2, 0.25) is 0 Å². The van der Waals surface area contributed by atoms with Gasteiger partial charge in [-0.3, -0.25) is 0 Å². The van der Waals surface area contributed by atoms with Crippen LogP contribution in [0, 0.1) is 0 Å². The number of benzene rings is 7. The summed E-state index contributed by atoms with van der Waals surface area (Å²) in [6, 6.07) is 61.5. The molecule has 10 rings (SSSR count). The van der Waals surface area contributed by atoms with E-state index < -0.39 is 0 Å². The molecule has 1 aromatic heterocycles. The molecule has 0 atom stereocenters. The van der Waals surface area contributed by atoms with Crippen LogP contribution in [0.15, 0.2) is 207 Å². The van der Waals surface area contributed by atoms with Crippen molar-refractivity contribution in [3.63, 3.8) is 0 Å². The predicted molar refractivity (Wildman–Crippen MR) is 230 cm³/mol. The summed E-state index contributed by atoms with van der Waals surface area (Å²) in [5.74, 6) is 2.04. The second-order valence-electron chi connectivity index (χ2n) is 14.3. The van der Waals surface area contributed by atoms with Crippen LogP contribution in [0.4, 0.5) is 0 Å². The molecule has 1 heterocycles. The zero-order valence-corrected chi connectivity index (χ0v) is 30.8. The largest absolute Gasteiger partial charge is 0.213 e. The number of aromatic nitrogens is 3. The minimum Gasteiger partial charge on any atom is -0.213 e. The van der Waals surface area contributed by atoms with E-state index in [1.165, 1.54) is 55.6 Å². The summed E-state index contributed by atoms with van der Waals surface area (Å²) in [4.78, 5) is 14.8. The first kappa shape index (κ1) is 33.3. The smallest absolute Gasteiger partial charge is 0.163 e. The quantitative estimate of drug-likeness (QED) is 0.147. The van der Waals surface area contributed by atoms with Crippen molar-refractivity contribution in [2.75, 3.05) is 0 Å². The molecule has 7 aromatic carbocycles. The lowest BCUT2D eigenvalue weighted by Gasteiger charge is -2.30. The minimum absolute atomic E-state index is 0.374. The summed E-state index contributed by atoms with van der Waals surface area (Å²) in [7, 11) is 0. The highest BCUT2D eigenvalue weighted by Gasteiger charge is 2.51. The number of fused-ring (bicyclic) bond motifs is 10. The molecule has 3 heteroatoms. The van der Waals surface area contributed by atoms with Gasteiger partial charge in [-0.25, -0.2) is 15.0 Å². The third kappa shape index (κ3) is 5.48. The standard InChI is InChI=1S/C53H37N3/c1-2-3-4-5-9-30-50-54-51(36-18-7-6-8-19-36)56-52(55-50)41-23-17-22-39(34-41)37-20-16-21-38(33-37)40-31-32-45-44-26-12-15-29-48(44)53(49(45)35-40)46-27-13-10-24-42(46)43-25-11-14-28-47(43)53/h2-29,31-35H,1,30H2/b4-3-,9-5-. The zero-order valence-electron chi connectivity index (χ0n) is 30.8. The van der Waals surface area contributed by atoms with Gasteiger partial charge in [-0.1, -0.05) is 189 Å². The Balaban J connectivity index is 1.05. The maximum absolute atomic E-state index is 4.98. The normalized spacial score (nSPS) is 13.1. The summed E-state index contributed by atoms with van der Waals surface area (Å²) in [6.45, 7) is 3.75. The first-order chi connectivity index (χ1) is 27.7. The lowest BCUT2D eigenvalue weighted by Crippen LogP contribution is -2.25. The van der Waals surface area contributed by atoms with Crippen LogP contribution in [0.2, 0.25) is 0 Å². The Morgan fingerprint density at radius 3 is 1.48 bits per heavy atom. The Labute approximate surface area is 327 Å². The van der Waals surface area contributed by atoms with Crippen LogP contribution in [0.5, 0.6) is 0 Å². The highest BCUT2D eigenvalue weighted by molar-refractivity contribution is 5.96. The molecule has 0 saturated heterocycles. The maximum atomic E-state index is 4.98. The molecular formula is C53H37N3. The van der Waals surface area contributed by atoms with Gasteiger partial charge in [-0.15, -0.1) is 0 Å². The highest BCUT2D eigenvalue weighted by atomic mass is 15.0. The minimum atomic E-state index is -0.374. The summed E-state index contributed by atoms with van der Waals surface area (Å²) in [5.41, 5.74) is 16.8. The van der Waals surface area contributed by atoms with Crippen LogP contribution in [-0.4, -0.2) is 15.0 Å². The molecule has 0 radical (unpaired) electrons. The second-order valence-corrected chi connectivity index (χ2v) is 14.3. The molecule has 56 heavy (non-hydrogen) atoms. The number of hydrogen-bond donors (Lipinski definition) is 0. The van der Waals surface area contributed by atoms with E-state index in [-0.39, 0.29) is 5.41 Å². The van der Waals surface area contributed by atoms with Gasteiger partial charge in [0.05, 0.1) is 5.41 Å². The maximum Gasteiger partial charge on any atom is 0.163 e. The summed E-state index contributed by atoms with van der Waals surface area (Å²) >= 11 is 0. The Morgan fingerprint density at radius 1 is 0.393 bits per heavy atom. The van der Waals surface area contributed by atoms with Gasteiger partial charge in [-0.05, 0) is 85.0 Å². The number of nitrogens with zero attached hydrogens (tertiary/aromatic N) is 3. The summed E-state index contributed by atoms with van der Waals surface area (Å²) in [5, 5.41) is 0. The number of allylic oxidation sites excluding steroid dienone is 5. The van der Waals surface area contributed by atoms with Crippen LogP contribution in [0.1, 0.15) is 28.1 Å². The van der Waals surface area contributed by atoms with E-state index in [1.807, 2.05) is 48.6 Å². The van der Waals surface area contributed by atoms with Gasteiger partial charge in [0.15, 0.2) is 11.6 Å². The van der Waals surface area contributed by atoms with Crippen LogP contribution >= 0.6 is 0 Å². The van der Waals surface area contributed by atoms with E-state index >= 15 is 0 Å². The van der Waals surface area contributed by atoms with Crippen molar-refractivity contribution in [3.05, 3.63) is 235 Å². The molecule has 0 saturated carbocycles. The van der Waals surface area contributed by atoms with Gasteiger partial charge >= 0.3 is 0 Å². The van der Waals surface area contributed by atoms with Crippen molar-refractivity contribution < 1.29 is 0 Å². The van der Waals surface area contributed by atoms with Crippen molar-refractivity contribution in [1.29, 1.82) is 0 Å². The molecule has 264 valence electrons. The van der Waals surface area contributed by atoms with Crippen LogP contribution in [-0.2, 0) is 11.8 Å². The molecule has 0 N–H and O–H groups in total. The average molecular weight is 716 g/mol. The van der Waals surface area contributed by atoms with Crippen molar-refractivity contribution >= 4 is 0 Å². The van der Waals surface area contributed by atoms with Gasteiger partial charge in [0.1, 0.15) is 5.82 Å². The highest BCUT2D eigenvalue weighted by Crippen LogP contribution is 2.63. The molecule has 1 spiro atoms. The summed E-state index contributed by atoms with van der Waals surface area (Å²) in [6.07, 6.45) is 10.3. The molecule has 3 nitrogen and oxygen atoms in total. The Kier molecular flexibility index (Phi) is 8.26. The van der Waals surface area contributed by atoms with Crippen LogP contribution in [0.3, 0.4) is 0 Å². The molecule has 0 amide bonds. The molecule has 0 aliphatic heterocycles. The molecule has 0 unspecified atom stereocenters. The van der Waals surface area contributed by atoms with Crippen molar-refractivity contribution in [1.82, 2.24) is 15.0 Å². The molecule has 2 aliphatic rings. The van der Waals surface area contributed by atoms with Crippen molar-refractivity contribution in [2.45, 2.75) is 11.8 Å². The molecule has 2 aliphatic carbocycles. The fraction of sp³-hybridized carbons (Fsp3) is 0.0377. The molecular weight excluding hydrogens is 679 g/mol. The lowest BCUT2D eigenvalue weighted by molar-refractivity contribution is 0.794. The SMILES string of the molecule is C=C/C=C\C=C/Cc1nc(-c2ccccc2)nc(-c2cccc(-c3cccc(-c4ccc5c(c4)C4(c6ccccc6-c6ccccc64)c4ccccc4-5)c3)c2)n1. The zero-order chi connectivity index (χ0) is 37.5. The third-order valence-corrected chi connectivity index (χ3v) is 11.2. The monoisotopic (exact) mass is 715 g/mol. The van der Waals surface area contributed by atoms with E-state index in [4.69, 9.17) is 15.0 Å². The lowest BCUT2D eigenvalue weighted by atomic mass is 9.70. The molecule has 0 fully saturated rings. The van der Waals surface area contributed by atoms with E-state index in [1.54, 1.807) is 6.08 Å². The number of rotatable bonds is 8. The van der Waals surface area contributed by atoms with Crippen molar-refractivity contribution in [2.24, 2.45) is 0 Å². The van der Waals surface area contributed by atoms with E-state index in [2.05, 4.69) is 152 Å². The number of hydrogen-bond acceptors (Lipinski definition) is 3. The molecule has 8 aromatic rings. The summed E-state index contributed by atoms with van der Waals surface area (Å²) < 4.78 is 0. The third-order valence-electron chi connectivity index (χ3n) is 11.2. The first-order valence-electron chi connectivity index (χ1n) is 19.1. The van der Waals surface area contributed by atoms with Gasteiger partial charge in [-0.2, -0.15) is 0 Å². The molecule has 0 bridgehead atoms. The van der Waals surface area contributed by atoms with Crippen molar-refractivity contribution in [3.8, 4) is 67.3 Å². The van der Waals surface area contributed by atoms with Gasteiger partial charge in [0.25, 0.3) is 0 Å². The van der Waals surface area contributed by atoms with E-state index in [0.717, 1.165) is 22.3 Å². The van der Waals surface area contributed by atoms with Crippen LogP contribution in [0.25, 0.3) is 67.3 Å². The van der Waals surface area contributed by atoms with Gasteiger partial charge < -0.3 is 0 Å². The van der Waals surface area contributed by atoms with Gasteiger partial charge in [0, 0.05) is 17.5 Å². The van der Waals surface area contributed by atoms with E-state index in [9.17, 15) is 0 Å². The predicted octanol–water partition coefficient (Wildman–Crippen LogP) is 12.7. The topological polar surface area (TPSA) is 38.7 Å².